The van der Waals surface area contributed by atoms with Crippen LogP contribution >= 0.6 is 0 Å². The van der Waals surface area contributed by atoms with E-state index in [4.69, 9.17) is 4.74 Å². The molecule has 2 aromatic heterocycles. The second-order valence-corrected chi connectivity index (χ2v) is 6.19. The molecule has 9 heteroatoms. The monoisotopic (exact) mass is 363 g/mol. The Kier molecular flexibility index (Phi) is 3.93. The Balaban J connectivity index is 1.68. The number of halogens is 3. The van der Waals surface area contributed by atoms with E-state index in [-0.39, 0.29) is 11.7 Å². The summed E-state index contributed by atoms with van der Waals surface area (Å²) in [5.74, 6) is 0.112. The summed E-state index contributed by atoms with van der Waals surface area (Å²) < 4.78 is 45.2. The quantitative estimate of drug-likeness (QED) is 0.696. The molecule has 136 valence electrons. The van der Waals surface area contributed by atoms with E-state index in [1.54, 1.807) is 13.2 Å². The van der Waals surface area contributed by atoms with Crippen LogP contribution in [0.4, 0.5) is 19.0 Å². The molecule has 1 aromatic carbocycles. The Labute approximate surface area is 147 Å². The highest BCUT2D eigenvalue weighted by molar-refractivity contribution is 5.48. The number of methoxy groups -OCH3 is 1. The van der Waals surface area contributed by atoms with Gasteiger partial charge in [-0.25, -0.2) is 0 Å². The fourth-order valence-electron chi connectivity index (χ4n) is 2.82. The van der Waals surface area contributed by atoms with Gasteiger partial charge in [0.15, 0.2) is 5.65 Å². The first-order chi connectivity index (χ1) is 12.5. The lowest BCUT2D eigenvalue weighted by Gasteiger charge is -2.23. The van der Waals surface area contributed by atoms with Crippen LogP contribution in [0.1, 0.15) is 24.2 Å². The first kappa shape index (κ1) is 16.6. The molecule has 1 saturated carbocycles. The molecule has 0 aliphatic heterocycles. The summed E-state index contributed by atoms with van der Waals surface area (Å²) in [6, 6.07) is 11.1. The van der Waals surface area contributed by atoms with Gasteiger partial charge in [0.25, 0.3) is 5.82 Å². The van der Waals surface area contributed by atoms with Crippen LogP contribution in [0.3, 0.4) is 0 Å². The number of alkyl halides is 3. The van der Waals surface area contributed by atoms with Crippen molar-refractivity contribution in [1.82, 2.24) is 19.8 Å². The van der Waals surface area contributed by atoms with Crippen molar-refractivity contribution in [3.63, 3.8) is 0 Å². The third kappa shape index (κ3) is 3.16. The zero-order chi connectivity index (χ0) is 18.3. The minimum absolute atomic E-state index is 0.0706. The van der Waals surface area contributed by atoms with Crippen molar-refractivity contribution in [3.8, 4) is 5.75 Å². The van der Waals surface area contributed by atoms with Gasteiger partial charge in [-0.2, -0.15) is 17.7 Å². The van der Waals surface area contributed by atoms with Gasteiger partial charge >= 0.3 is 6.18 Å². The highest BCUT2D eigenvalue weighted by Gasteiger charge is 2.38. The van der Waals surface area contributed by atoms with Crippen molar-refractivity contribution >= 4 is 11.5 Å². The Morgan fingerprint density at radius 1 is 1.12 bits per heavy atom. The topological polar surface area (TPSA) is 55.5 Å². The van der Waals surface area contributed by atoms with Gasteiger partial charge in [0, 0.05) is 12.6 Å². The predicted molar refractivity (Wildman–Crippen MR) is 88.0 cm³/mol. The van der Waals surface area contributed by atoms with Gasteiger partial charge in [0.05, 0.1) is 7.11 Å². The number of benzene rings is 1. The molecule has 2 heterocycles. The van der Waals surface area contributed by atoms with E-state index in [9.17, 15) is 13.2 Å². The van der Waals surface area contributed by atoms with Crippen molar-refractivity contribution in [3.05, 3.63) is 47.8 Å². The van der Waals surface area contributed by atoms with Crippen molar-refractivity contribution in [2.45, 2.75) is 31.6 Å². The number of fused-ring (bicyclic) bond motifs is 1. The number of ether oxygens (including phenoxy) is 1. The zero-order valence-electron chi connectivity index (χ0n) is 13.9. The first-order valence-corrected chi connectivity index (χ1v) is 8.15. The normalized spacial score (nSPS) is 14.6. The SMILES string of the molecule is COc1ccc(CN(c2ccc3nnc(C(F)(F)F)n3n2)C2CC2)cc1. The summed E-state index contributed by atoms with van der Waals surface area (Å²) in [6.45, 7) is 0.552. The summed E-state index contributed by atoms with van der Waals surface area (Å²) in [7, 11) is 1.60. The third-order valence-electron chi connectivity index (χ3n) is 4.30. The van der Waals surface area contributed by atoms with Gasteiger partial charge in [-0.15, -0.1) is 15.3 Å². The molecule has 1 aliphatic carbocycles. The summed E-state index contributed by atoms with van der Waals surface area (Å²) >= 11 is 0. The second-order valence-electron chi connectivity index (χ2n) is 6.19. The van der Waals surface area contributed by atoms with Crippen molar-refractivity contribution in [2.24, 2.45) is 0 Å². The van der Waals surface area contributed by atoms with Gasteiger partial charge in [-0.05, 0) is 42.7 Å². The Hall–Kier alpha value is -2.84. The van der Waals surface area contributed by atoms with Crippen molar-refractivity contribution < 1.29 is 17.9 Å². The molecular weight excluding hydrogens is 347 g/mol. The van der Waals surface area contributed by atoms with Gasteiger partial charge in [-0.1, -0.05) is 12.1 Å². The van der Waals surface area contributed by atoms with E-state index in [0.717, 1.165) is 28.7 Å². The summed E-state index contributed by atoms with van der Waals surface area (Å²) in [5, 5.41) is 10.9. The van der Waals surface area contributed by atoms with Crippen LogP contribution in [0.5, 0.6) is 5.75 Å². The minimum atomic E-state index is -4.61. The molecule has 0 unspecified atom stereocenters. The number of anilines is 1. The average Bonchev–Trinajstić information content (AvgIpc) is 3.36. The van der Waals surface area contributed by atoms with E-state index in [1.165, 1.54) is 6.07 Å². The molecule has 3 aromatic rings. The lowest BCUT2D eigenvalue weighted by atomic mass is 10.2. The molecule has 0 saturated heterocycles. The minimum Gasteiger partial charge on any atom is -0.497 e. The lowest BCUT2D eigenvalue weighted by molar-refractivity contribution is -0.146. The van der Waals surface area contributed by atoms with Crippen LogP contribution < -0.4 is 9.64 Å². The molecule has 4 rings (SSSR count). The molecule has 0 amide bonds. The third-order valence-corrected chi connectivity index (χ3v) is 4.30. The van der Waals surface area contributed by atoms with Crippen LogP contribution in [-0.2, 0) is 12.7 Å². The Morgan fingerprint density at radius 2 is 1.85 bits per heavy atom. The molecule has 0 bridgehead atoms. The summed E-state index contributed by atoms with van der Waals surface area (Å²) in [4.78, 5) is 2.02. The number of aromatic nitrogens is 4. The standard InChI is InChI=1S/C17H16F3N5O/c1-26-13-6-2-11(3-7-13)10-24(12-4-5-12)15-9-8-14-21-22-16(17(18,19)20)25(14)23-15/h2-3,6-9,12H,4-5,10H2,1H3. The molecule has 1 fully saturated rings. The average molecular weight is 363 g/mol. The van der Waals surface area contributed by atoms with Crippen LogP contribution in [-0.4, -0.2) is 33.0 Å². The Bertz CT molecular complexity index is 918. The van der Waals surface area contributed by atoms with E-state index in [2.05, 4.69) is 15.3 Å². The maximum absolute atomic E-state index is 13.1. The molecular formula is C17H16F3N5O. The van der Waals surface area contributed by atoms with Crippen molar-refractivity contribution in [2.75, 3.05) is 12.0 Å². The maximum atomic E-state index is 13.1. The molecule has 0 atom stereocenters. The number of hydrogen-bond acceptors (Lipinski definition) is 5. The number of rotatable bonds is 5. The predicted octanol–water partition coefficient (Wildman–Crippen LogP) is 3.32. The molecule has 0 radical (unpaired) electrons. The number of hydrogen-bond donors (Lipinski definition) is 0. The number of nitrogens with zero attached hydrogens (tertiary/aromatic N) is 5. The fraction of sp³-hybridized carbons (Fsp3) is 0.353. The molecule has 26 heavy (non-hydrogen) atoms. The Morgan fingerprint density at radius 3 is 2.46 bits per heavy atom. The summed E-state index contributed by atoms with van der Waals surface area (Å²) in [5.41, 5.74) is 1.10. The highest BCUT2D eigenvalue weighted by atomic mass is 19.4. The largest absolute Gasteiger partial charge is 0.497 e. The highest BCUT2D eigenvalue weighted by Crippen LogP contribution is 2.33. The van der Waals surface area contributed by atoms with E-state index < -0.39 is 12.0 Å². The summed E-state index contributed by atoms with van der Waals surface area (Å²) in [6.07, 6.45) is -2.63. The van der Waals surface area contributed by atoms with Gasteiger partial charge < -0.3 is 9.64 Å². The fourth-order valence-corrected chi connectivity index (χ4v) is 2.82. The van der Waals surface area contributed by atoms with Gasteiger partial charge in [0.2, 0.25) is 0 Å². The van der Waals surface area contributed by atoms with Crippen molar-refractivity contribution in [1.29, 1.82) is 0 Å². The van der Waals surface area contributed by atoms with Gasteiger partial charge in [0.1, 0.15) is 11.6 Å². The van der Waals surface area contributed by atoms with Crippen LogP contribution in [0.2, 0.25) is 0 Å². The van der Waals surface area contributed by atoms with E-state index in [0.29, 0.717) is 12.4 Å². The maximum Gasteiger partial charge on any atom is 0.453 e. The molecule has 0 spiro atoms. The molecule has 6 nitrogen and oxygen atoms in total. The smallest absolute Gasteiger partial charge is 0.453 e. The molecule has 1 aliphatic rings. The van der Waals surface area contributed by atoms with Crippen LogP contribution in [0, 0.1) is 0 Å². The first-order valence-electron chi connectivity index (χ1n) is 8.15. The van der Waals surface area contributed by atoms with E-state index in [1.807, 2.05) is 29.2 Å². The second kappa shape index (κ2) is 6.15. The lowest BCUT2D eigenvalue weighted by Crippen LogP contribution is -2.27. The van der Waals surface area contributed by atoms with Gasteiger partial charge in [-0.3, -0.25) is 0 Å². The van der Waals surface area contributed by atoms with Crippen LogP contribution in [0.25, 0.3) is 5.65 Å². The van der Waals surface area contributed by atoms with Crippen LogP contribution in [0.15, 0.2) is 36.4 Å². The molecule has 0 N–H and O–H groups in total. The zero-order valence-corrected chi connectivity index (χ0v) is 13.9. The van der Waals surface area contributed by atoms with E-state index >= 15 is 0 Å².